The van der Waals surface area contributed by atoms with Gasteiger partial charge in [0.05, 0.1) is 23.8 Å². The first-order valence-electron chi connectivity index (χ1n) is 6.11. The van der Waals surface area contributed by atoms with Crippen molar-refractivity contribution in [1.82, 2.24) is 9.97 Å². The molecule has 2 aromatic heterocycles. The van der Waals surface area contributed by atoms with Crippen LogP contribution in [0.1, 0.15) is 6.92 Å². The van der Waals surface area contributed by atoms with E-state index in [9.17, 15) is 9.18 Å². The van der Waals surface area contributed by atoms with Crippen LogP contribution < -0.4 is 10.1 Å². The number of anilines is 1. The van der Waals surface area contributed by atoms with Gasteiger partial charge in [0.25, 0.3) is 5.69 Å². The monoisotopic (exact) mass is 364 g/mol. The molecule has 0 spiro atoms. The van der Waals surface area contributed by atoms with Gasteiger partial charge in [-0.1, -0.05) is 15.9 Å². The molecule has 0 saturated carbocycles. The van der Waals surface area contributed by atoms with Crippen molar-refractivity contribution in [3.8, 4) is 11.6 Å². The van der Waals surface area contributed by atoms with Crippen LogP contribution in [0, 0.1) is 12.4 Å². The SMILES string of the molecule is [C-]#[N+]c1cc(F)cnc1Oc1ccc(NC(=O)C(C)Br)nc1. The number of amides is 1. The van der Waals surface area contributed by atoms with Crippen molar-refractivity contribution >= 4 is 33.3 Å². The Balaban J connectivity index is 2.12. The van der Waals surface area contributed by atoms with E-state index in [1.165, 1.54) is 6.20 Å². The number of alkyl halides is 1. The number of nitrogens with one attached hydrogen (secondary N) is 1. The molecule has 2 aromatic rings. The number of pyridine rings is 2. The number of hydrogen-bond donors (Lipinski definition) is 1. The Hall–Kier alpha value is -2.53. The molecule has 1 unspecified atom stereocenters. The van der Waals surface area contributed by atoms with Crippen LogP contribution in [0.4, 0.5) is 15.9 Å². The minimum absolute atomic E-state index is 0.0101. The standard InChI is InChI=1S/C14H10BrFN4O2/c1-8(15)13(21)20-12-4-3-10(7-18-12)22-14-11(17-2)5-9(16)6-19-14/h3-8H,1H3,(H,18,20,21). The summed E-state index contributed by atoms with van der Waals surface area (Å²) in [6.45, 7) is 8.66. The van der Waals surface area contributed by atoms with Gasteiger partial charge in [-0.05, 0) is 25.1 Å². The normalized spacial score (nSPS) is 11.4. The average Bonchev–Trinajstić information content (AvgIpc) is 2.50. The van der Waals surface area contributed by atoms with E-state index in [0.29, 0.717) is 11.6 Å². The van der Waals surface area contributed by atoms with Crippen LogP contribution in [-0.4, -0.2) is 20.7 Å². The van der Waals surface area contributed by atoms with E-state index in [0.717, 1.165) is 12.3 Å². The van der Waals surface area contributed by atoms with Crippen molar-refractivity contribution in [3.63, 3.8) is 0 Å². The summed E-state index contributed by atoms with van der Waals surface area (Å²) in [5.41, 5.74) is -0.0366. The van der Waals surface area contributed by atoms with Crippen LogP contribution in [0.25, 0.3) is 4.85 Å². The third-order valence-electron chi connectivity index (χ3n) is 2.48. The fourth-order valence-corrected chi connectivity index (χ4v) is 1.54. The van der Waals surface area contributed by atoms with E-state index in [1.807, 2.05) is 0 Å². The Bertz CT molecular complexity index is 729. The Morgan fingerprint density at radius 1 is 1.45 bits per heavy atom. The van der Waals surface area contributed by atoms with Crippen molar-refractivity contribution in [2.45, 2.75) is 11.8 Å². The molecular weight excluding hydrogens is 355 g/mol. The second-order valence-electron chi connectivity index (χ2n) is 4.18. The highest BCUT2D eigenvalue weighted by molar-refractivity contribution is 9.10. The number of carbonyl (C=O) groups excluding carboxylic acids is 1. The Labute approximate surface area is 134 Å². The summed E-state index contributed by atoms with van der Waals surface area (Å²) in [7, 11) is 0. The number of halogens is 2. The summed E-state index contributed by atoms with van der Waals surface area (Å²) < 4.78 is 18.4. The van der Waals surface area contributed by atoms with Crippen LogP contribution in [-0.2, 0) is 4.79 Å². The smallest absolute Gasteiger partial charge is 0.250 e. The molecule has 0 aliphatic carbocycles. The van der Waals surface area contributed by atoms with E-state index in [1.54, 1.807) is 19.1 Å². The van der Waals surface area contributed by atoms with Crippen molar-refractivity contribution < 1.29 is 13.9 Å². The lowest BCUT2D eigenvalue weighted by Crippen LogP contribution is -2.20. The fourth-order valence-electron chi connectivity index (χ4n) is 1.43. The first-order chi connectivity index (χ1) is 10.5. The minimum atomic E-state index is -0.613. The molecule has 6 nitrogen and oxygen atoms in total. The van der Waals surface area contributed by atoms with E-state index >= 15 is 0 Å². The number of hydrogen-bond acceptors (Lipinski definition) is 4. The summed E-state index contributed by atoms with van der Waals surface area (Å²) in [6, 6.07) is 4.14. The molecule has 0 saturated heterocycles. The summed E-state index contributed by atoms with van der Waals surface area (Å²) in [6.07, 6.45) is 2.33. The second kappa shape index (κ2) is 6.95. The van der Waals surface area contributed by atoms with E-state index in [-0.39, 0.29) is 22.3 Å². The van der Waals surface area contributed by atoms with Gasteiger partial charge in [-0.15, -0.1) is 0 Å². The highest BCUT2D eigenvalue weighted by Crippen LogP contribution is 2.29. The van der Waals surface area contributed by atoms with Gasteiger partial charge in [-0.2, -0.15) is 0 Å². The maximum Gasteiger partial charge on any atom is 0.250 e. The minimum Gasteiger partial charge on any atom is -0.447 e. The zero-order chi connectivity index (χ0) is 16.1. The van der Waals surface area contributed by atoms with Crippen molar-refractivity contribution in [2.75, 3.05) is 5.32 Å². The average molecular weight is 365 g/mol. The molecule has 0 radical (unpaired) electrons. The first-order valence-corrected chi connectivity index (χ1v) is 7.03. The maximum absolute atomic E-state index is 13.0. The molecule has 0 bridgehead atoms. The lowest BCUT2D eigenvalue weighted by molar-refractivity contribution is -0.115. The quantitative estimate of drug-likeness (QED) is 0.663. The van der Waals surface area contributed by atoms with Crippen molar-refractivity contribution in [2.24, 2.45) is 0 Å². The van der Waals surface area contributed by atoms with Gasteiger partial charge in [-0.3, -0.25) is 4.79 Å². The fraction of sp³-hybridized carbons (Fsp3) is 0.143. The number of ether oxygens (including phenoxy) is 1. The van der Waals surface area contributed by atoms with Crippen LogP contribution in [0.15, 0.2) is 30.6 Å². The summed E-state index contributed by atoms with van der Waals surface area (Å²) in [5.74, 6) is -0.172. The summed E-state index contributed by atoms with van der Waals surface area (Å²) in [5, 5.41) is 2.60. The highest BCUT2D eigenvalue weighted by atomic mass is 79.9. The third-order valence-corrected chi connectivity index (χ3v) is 2.90. The van der Waals surface area contributed by atoms with Gasteiger partial charge in [0.2, 0.25) is 11.8 Å². The van der Waals surface area contributed by atoms with Crippen LogP contribution in [0.2, 0.25) is 0 Å². The molecule has 1 amide bonds. The van der Waals surface area contributed by atoms with Crippen molar-refractivity contribution in [1.29, 1.82) is 0 Å². The topological polar surface area (TPSA) is 68.5 Å². The number of carbonyl (C=O) groups is 1. The van der Waals surface area contributed by atoms with Gasteiger partial charge < -0.3 is 10.1 Å². The van der Waals surface area contributed by atoms with E-state index in [2.05, 4.69) is 36.1 Å². The molecule has 0 aromatic carbocycles. The van der Waals surface area contributed by atoms with Gasteiger partial charge in [-0.25, -0.2) is 19.2 Å². The molecule has 1 atom stereocenters. The van der Waals surface area contributed by atoms with Gasteiger partial charge in [0.1, 0.15) is 17.4 Å². The molecular formula is C14H10BrFN4O2. The molecule has 8 heteroatoms. The Kier molecular flexibility index (Phi) is 5.01. The molecule has 0 fully saturated rings. The third kappa shape index (κ3) is 3.99. The van der Waals surface area contributed by atoms with Crippen LogP contribution >= 0.6 is 15.9 Å². The van der Waals surface area contributed by atoms with Gasteiger partial charge in [0.15, 0.2) is 0 Å². The highest BCUT2D eigenvalue weighted by Gasteiger charge is 2.11. The number of rotatable bonds is 4. The van der Waals surface area contributed by atoms with E-state index < -0.39 is 5.82 Å². The first kappa shape index (κ1) is 15.9. The summed E-state index contributed by atoms with van der Waals surface area (Å²) >= 11 is 3.15. The summed E-state index contributed by atoms with van der Waals surface area (Å²) in [4.78, 5) is 22.0. The molecule has 112 valence electrons. The maximum atomic E-state index is 13.0. The lowest BCUT2D eigenvalue weighted by Gasteiger charge is -2.08. The van der Waals surface area contributed by atoms with Crippen LogP contribution in [0.5, 0.6) is 11.6 Å². The molecule has 22 heavy (non-hydrogen) atoms. The largest absolute Gasteiger partial charge is 0.447 e. The predicted octanol–water partition coefficient (Wildman–Crippen LogP) is 3.68. The van der Waals surface area contributed by atoms with Crippen LogP contribution in [0.3, 0.4) is 0 Å². The number of nitrogens with zero attached hydrogens (tertiary/aromatic N) is 3. The predicted molar refractivity (Wildman–Crippen MR) is 81.8 cm³/mol. The Morgan fingerprint density at radius 3 is 2.82 bits per heavy atom. The molecule has 2 heterocycles. The van der Waals surface area contributed by atoms with Gasteiger partial charge >= 0.3 is 0 Å². The second-order valence-corrected chi connectivity index (χ2v) is 5.55. The Morgan fingerprint density at radius 2 is 2.23 bits per heavy atom. The van der Waals surface area contributed by atoms with Gasteiger partial charge in [0, 0.05) is 0 Å². The molecule has 1 N–H and O–H groups in total. The number of aromatic nitrogens is 2. The molecule has 2 rings (SSSR count). The zero-order valence-corrected chi connectivity index (χ0v) is 13.0. The molecule has 0 aliphatic heterocycles. The molecule has 0 aliphatic rings. The lowest BCUT2D eigenvalue weighted by atomic mass is 10.4. The van der Waals surface area contributed by atoms with Crippen molar-refractivity contribution in [3.05, 3.63) is 47.8 Å². The zero-order valence-electron chi connectivity index (χ0n) is 11.4. The van der Waals surface area contributed by atoms with E-state index in [4.69, 9.17) is 11.3 Å².